The number of unbranched alkanes of at least 4 members (excludes halogenated alkanes) is 11. The Morgan fingerprint density at radius 2 is 1.21 bits per heavy atom. The minimum atomic E-state index is -4.28. The van der Waals surface area contributed by atoms with Crippen molar-refractivity contribution < 1.29 is 69.5 Å². The molecule has 0 bridgehead atoms. The zero-order valence-electron chi connectivity index (χ0n) is 16.1. The topological polar surface area (TPSA) is 77.4 Å². The molecule has 2 atom stereocenters. The van der Waals surface area contributed by atoms with Gasteiger partial charge in [0.1, 0.15) is 0 Å². The summed E-state index contributed by atoms with van der Waals surface area (Å²) in [6.45, 7) is 3.76. The summed E-state index contributed by atoms with van der Waals surface area (Å²) in [5.41, 5.74) is 0. The smallest absolute Gasteiger partial charge is 0.748 e. The summed E-state index contributed by atoms with van der Waals surface area (Å²) in [4.78, 5) is 0. The first-order chi connectivity index (χ1) is 10.9. The molecule has 140 valence electrons. The van der Waals surface area contributed by atoms with E-state index < -0.39 is 21.5 Å². The molecule has 0 saturated carbocycles. The first kappa shape index (κ1) is 27.7. The predicted octanol–water partition coefficient (Wildman–Crippen LogP) is 1.77. The van der Waals surface area contributed by atoms with Gasteiger partial charge in [0.15, 0.2) is 0 Å². The second-order valence-electron chi connectivity index (χ2n) is 6.88. The molecule has 0 aromatic carbocycles. The molecule has 0 heterocycles. The van der Waals surface area contributed by atoms with Crippen molar-refractivity contribution >= 4 is 10.1 Å². The van der Waals surface area contributed by atoms with Crippen molar-refractivity contribution in [2.45, 2.75) is 115 Å². The molecule has 0 fully saturated rings. The van der Waals surface area contributed by atoms with Crippen LogP contribution < -0.4 is 51.4 Å². The number of aliphatic hydroxyl groups is 1. The Balaban J connectivity index is 0. The molecule has 0 spiro atoms. The van der Waals surface area contributed by atoms with Gasteiger partial charge in [-0.25, -0.2) is 8.42 Å². The molecular formula is C18H37KO4S. The van der Waals surface area contributed by atoms with Gasteiger partial charge in [-0.15, -0.1) is 0 Å². The Bertz CT molecular complexity index is 358. The van der Waals surface area contributed by atoms with Crippen LogP contribution in [0.1, 0.15) is 104 Å². The van der Waals surface area contributed by atoms with Crippen LogP contribution in [0, 0.1) is 0 Å². The van der Waals surface area contributed by atoms with E-state index in [4.69, 9.17) is 0 Å². The Kier molecular flexibility index (Phi) is 20.7. The Morgan fingerprint density at radius 1 is 0.833 bits per heavy atom. The minimum absolute atomic E-state index is 0. The van der Waals surface area contributed by atoms with Crippen LogP contribution in [0.4, 0.5) is 0 Å². The van der Waals surface area contributed by atoms with E-state index in [0.717, 1.165) is 19.3 Å². The fourth-order valence-electron chi connectivity index (χ4n) is 2.97. The van der Waals surface area contributed by atoms with Gasteiger partial charge in [-0.05, 0) is 19.8 Å². The molecule has 0 aliphatic rings. The molecule has 0 aliphatic carbocycles. The number of hydrogen-bond donors (Lipinski definition) is 1. The standard InChI is InChI=1S/C18H38O4S.K/c1-3-4-5-6-7-8-9-10-11-12-13-14-15-18(16-17(2)19)23(20,21)22;/h17-19H,3-16H2,1-2H3,(H,20,21,22);/q;+1/p-1. The Morgan fingerprint density at radius 3 is 1.54 bits per heavy atom. The average molecular weight is 389 g/mol. The van der Waals surface area contributed by atoms with E-state index in [1.54, 1.807) is 0 Å². The minimum Gasteiger partial charge on any atom is -0.748 e. The van der Waals surface area contributed by atoms with E-state index in [2.05, 4.69) is 6.92 Å². The predicted molar refractivity (Wildman–Crippen MR) is 95.5 cm³/mol. The molecule has 4 nitrogen and oxygen atoms in total. The van der Waals surface area contributed by atoms with E-state index in [9.17, 15) is 18.1 Å². The molecule has 0 aliphatic heterocycles. The molecule has 2 unspecified atom stereocenters. The summed E-state index contributed by atoms with van der Waals surface area (Å²) < 4.78 is 33.4. The van der Waals surface area contributed by atoms with Crippen LogP contribution in [0.5, 0.6) is 0 Å². The van der Waals surface area contributed by atoms with Gasteiger partial charge in [-0.1, -0.05) is 84.0 Å². The second kappa shape index (κ2) is 17.9. The van der Waals surface area contributed by atoms with Gasteiger partial charge in [0.25, 0.3) is 0 Å². The van der Waals surface area contributed by atoms with Crippen LogP contribution in [-0.2, 0) is 10.1 Å². The Labute approximate surface area is 192 Å². The van der Waals surface area contributed by atoms with Gasteiger partial charge < -0.3 is 9.66 Å². The number of hydrogen-bond acceptors (Lipinski definition) is 4. The third-order valence-electron chi connectivity index (χ3n) is 4.39. The Hall–Kier alpha value is 1.51. The monoisotopic (exact) mass is 388 g/mol. The zero-order chi connectivity index (χ0) is 17.6. The van der Waals surface area contributed by atoms with E-state index in [0.29, 0.717) is 6.42 Å². The van der Waals surface area contributed by atoms with Crippen LogP contribution in [-0.4, -0.2) is 29.4 Å². The summed E-state index contributed by atoms with van der Waals surface area (Å²) in [6, 6.07) is 0. The quantitative estimate of drug-likeness (QED) is 0.248. The third kappa shape index (κ3) is 18.3. The molecule has 0 aromatic heterocycles. The van der Waals surface area contributed by atoms with Crippen molar-refractivity contribution in [2.75, 3.05) is 0 Å². The first-order valence-corrected chi connectivity index (χ1v) is 11.0. The maximum atomic E-state index is 11.1. The summed E-state index contributed by atoms with van der Waals surface area (Å²) in [5, 5.41) is 8.35. The van der Waals surface area contributed by atoms with Gasteiger partial charge in [-0.3, -0.25) is 0 Å². The van der Waals surface area contributed by atoms with E-state index in [-0.39, 0.29) is 57.8 Å². The summed E-state index contributed by atoms with van der Waals surface area (Å²) in [7, 11) is -4.28. The first-order valence-electron chi connectivity index (χ1n) is 9.50. The second-order valence-corrected chi connectivity index (χ2v) is 8.53. The summed E-state index contributed by atoms with van der Waals surface area (Å²) in [6.07, 6.45) is 14.4. The van der Waals surface area contributed by atoms with Crippen molar-refractivity contribution in [1.29, 1.82) is 0 Å². The van der Waals surface area contributed by atoms with Gasteiger partial charge in [0.05, 0.1) is 21.5 Å². The molecular weight excluding hydrogens is 351 g/mol. The van der Waals surface area contributed by atoms with Crippen molar-refractivity contribution in [3.05, 3.63) is 0 Å². The maximum Gasteiger partial charge on any atom is 1.00 e. The average Bonchev–Trinajstić information content (AvgIpc) is 2.45. The zero-order valence-corrected chi connectivity index (χ0v) is 20.1. The summed E-state index contributed by atoms with van der Waals surface area (Å²) in [5.74, 6) is 0. The van der Waals surface area contributed by atoms with Gasteiger partial charge in [0, 0.05) is 0 Å². The van der Waals surface area contributed by atoms with E-state index in [1.807, 2.05) is 0 Å². The molecule has 0 radical (unpaired) electrons. The van der Waals surface area contributed by atoms with Crippen molar-refractivity contribution in [3.8, 4) is 0 Å². The maximum absolute atomic E-state index is 11.1. The molecule has 0 rings (SSSR count). The fourth-order valence-corrected chi connectivity index (χ4v) is 3.94. The SMILES string of the molecule is CCCCCCCCCCCCCCC(CC(C)O)S(=O)(=O)[O-].[K+]. The molecule has 1 N–H and O–H groups in total. The van der Waals surface area contributed by atoms with Gasteiger partial charge >= 0.3 is 51.4 Å². The van der Waals surface area contributed by atoms with Gasteiger partial charge in [0.2, 0.25) is 0 Å². The van der Waals surface area contributed by atoms with E-state index >= 15 is 0 Å². The molecule has 0 saturated heterocycles. The van der Waals surface area contributed by atoms with E-state index in [1.165, 1.54) is 64.7 Å². The third-order valence-corrected chi connectivity index (χ3v) is 5.64. The molecule has 0 amide bonds. The largest absolute Gasteiger partial charge is 1.00 e. The van der Waals surface area contributed by atoms with Gasteiger partial charge in [-0.2, -0.15) is 0 Å². The van der Waals surface area contributed by atoms with Crippen LogP contribution in [0.3, 0.4) is 0 Å². The van der Waals surface area contributed by atoms with Crippen LogP contribution in [0.2, 0.25) is 0 Å². The molecule has 24 heavy (non-hydrogen) atoms. The normalized spacial score (nSPS) is 14.2. The van der Waals surface area contributed by atoms with Crippen LogP contribution in [0.15, 0.2) is 0 Å². The molecule has 6 heteroatoms. The van der Waals surface area contributed by atoms with Crippen LogP contribution >= 0.6 is 0 Å². The number of rotatable bonds is 16. The van der Waals surface area contributed by atoms with Crippen molar-refractivity contribution in [1.82, 2.24) is 0 Å². The fraction of sp³-hybridized carbons (Fsp3) is 1.00. The van der Waals surface area contributed by atoms with Crippen LogP contribution in [0.25, 0.3) is 0 Å². The number of aliphatic hydroxyl groups excluding tert-OH is 1. The van der Waals surface area contributed by atoms with Crippen molar-refractivity contribution in [3.63, 3.8) is 0 Å². The van der Waals surface area contributed by atoms with Crippen molar-refractivity contribution in [2.24, 2.45) is 0 Å². The summed E-state index contributed by atoms with van der Waals surface area (Å²) >= 11 is 0. The molecule has 0 aromatic rings.